The van der Waals surface area contributed by atoms with Crippen LogP contribution in [0.4, 0.5) is 0 Å². The summed E-state index contributed by atoms with van der Waals surface area (Å²) in [6.07, 6.45) is 18.2. The first-order chi connectivity index (χ1) is 17.4. The van der Waals surface area contributed by atoms with E-state index >= 15 is 0 Å². The molecule has 1 aliphatic rings. The van der Waals surface area contributed by atoms with Crippen molar-refractivity contribution >= 4 is 25.7 Å². The van der Waals surface area contributed by atoms with Crippen molar-refractivity contribution in [1.29, 1.82) is 0 Å². The first-order valence-electron chi connectivity index (χ1n) is 13.7. The Labute approximate surface area is 219 Å². The summed E-state index contributed by atoms with van der Waals surface area (Å²) in [5.41, 5.74) is 5.34. The minimum absolute atomic E-state index is 0.200. The van der Waals surface area contributed by atoms with Crippen LogP contribution < -0.4 is 10.6 Å². The van der Waals surface area contributed by atoms with E-state index in [0.29, 0.717) is 18.4 Å². The van der Waals surface area contributed by atoms with Crippen molar-refractivity contribution in [2.45, 2.75) is 97.6 Å². The number of hydrogen-bond donors (Lipinski definition) is 2. The lowest BCUT2D eigenvalue weighted by Crippen LogP contribution is -2.32. The van der Waals surface area contributed by atoms with Crippen LogP contribution in [0.2, 0.25) is 0 Å². The van der Waals surface area contributed by atoms with Gasteiger partial charge in [-0.3, -0.25) is 19.8 Å². The number of nitrogens with zero attached hydrogens (tertiary/aromatic N) is 3. The molecule has 6 nitrogen and oxygen atoms in total. The molecular weight excluding hydrogens is 445 g/mol. The first kappa shape index (κ1) is 29.5. The lowest BCUT2D eigenvalue weighted by molar-refractivity contribution is -0.121. The van der Waals surface area contributed by atoms with Gasteiger partial charge in [-0.15, -0.1) is 0 Å². The molecule has 0 radical (unpaired) electrons. The lowest BCUT2D eigenvalue weighted by atomic mass is 9.89. The fourth-order valence-corrected chi connectivity index (χ4v) is 4.60. The predicted octanol–water partition coefficient (Wildman–Crippen LogP) is 5.12. The monoisotopic (exact) mass is 491 g/mol. The highest BCUT2D eigenvalue weighted by Crippen LogP contribution is 2.22. The molecule has 0 aromatic carbocycles. The highest BCUT2D eigenvalue weighted by Gasteiger charge is 2.19. The Morgan fingerprint density at radius 1 is 1.25 bits per heavy atom. The smallest absolute Gasteiger partial charge is 0.220 e. The Hall–Kier alpha value is -2.70. The summed E-state index contributed by atoms with van der Waals surface area (Å²) >= 11 is 0. The molecule has 1 amide bonds. The van der Waals surface area contributed by atoms with Crippen molar-refractivity contribution in [3.8, 4) is 0 Å². The topological polar surface area (TPSA) is 78.7 Å². The minimum atomic E-state index is 0.200. The molecule has 0 bridgehead atoms. The van der Waals surface area contributed by atoms with Crippen LogP contribution in [0.25, 0.3) is 0 Å². The predicted molar refractivity (Wildman–Crippen MR) is 155 cm³/mol. The van der Waals surface area contributed by atoms with Crippen molar-refractivity contribution in [1.82, 2.24) is 15.6 Å². The van der Waals surface area contributed by atoms with Gasteiger partial charge >= 0.3 is 0 Å². The van der Waals surface area contributed by atoms with Crippen LogP contribution in [0.1, 0.15) is 90.5 Å². The maximum Gasteiger partial charge on any atom is 0.220 e. The fraction of sp³-hybridized carbons (Fsp3) is 0.586. The summed E-state index contributed by atoms with van der Waals surface area (Å²) in [4.78, 5) is 26.0. The van der Waals surface area contributed by atoms with E-state index in [2.05, 4.69) is 61.4 Å². The third-order valence-electron chi connectivity index (χ3n) is 6.85. The second-order valence-corrected chi connectivity index (χ2v) is 10.0. The minimum Gasteiger partial charge on any atom is -0.384 e. The van der Waals surface area contributed by atoms with E-state index in [-0.39, 0.29) is 5.91 Å². The summed E-state index contributed by atoms with van der Waals surface area (Å²) in [6, 6.07) is 4.42. The quantitative estimate of drug-likeness (QED) is 0.264. The number of rotatable bonds is 15. The van der Waals surface area contributed by atoms with Crippen LogP contribution in [0.5, 0.6) is 0 Å². The van der Waals surface area contributed by atoms with Gasteiger partial charge in [0.05, 0.1) is 0 Å². The molecule has 1 heterocycles. The molecule has 1 aromatic heterocycles. The molecule has 196 valence electrons. The van der Waals surface area contributed by atoms with Gasteiger partial charge in [0.1, 0.15) is 7.85 Å². The van der Waals surface area contributed by atoms with Crippen molar-refractivity contribution in [3.05, 3.63) is 53.0 Å². The summed E-state index contributed by atoms with van der Waals surface area (Å²) < 4.78 is 0. The number of carbonyl (C=O) groups is 1. The highest BCUT2D eigenvalue weighted by molar-refractivity contribution is 6.33. The number of nitrogens with one attached hydrogen (secondary N) is 2. The van der Waals surface area contributed by atoms with Crippen LogP contribution >= 0.6 is 0 Å². The average molecular weight is 492 g/mol. The lowest BCUT2D eigenvalue weighted by Gasteiger charge is -2.19. The van der Waals surface area contributed by atoms with Gasteiger partial charge in [-0.05, 0) is 63.7 Å². The number of carbonyl (C=O) groups excluding carboxylic acids is 1. The summed E-state index contributed by atoms with van der Waals surface area (Å²) in [6.45, 7) is 7.10. The number of amides is 1. The molecular formula is C29H46BN5O. The molecule has 1 aromatic rings. The molecule has 7 heteroatoms. The zero-order valence-electron chi connectivity index (χ0n) is 23.1. The molecule has 2 N–H and O–H groups in total. The van der Waals surface area contributed by atoms with Crippen LogP contribution in [0, 0.1) is 5.92 Å². The standard InChI is InChI=1S/C29H46BN5O/c1-5-6-12-25(13-9-16-29(36)35-26-14-7-8-15-26)28(34-23(3)27(30)21-31-4)18-22(2)33-20-24-11-10-17-32-19-24/h10-11,17-19,21,25-26,33H,5-9,12-16,20,30H2,1-4H3,(H,35,36)/b22-18+,27-23-,31-21-,34-28+. The molecule has 1 fully saturated rings. The molecule has 0 spiro atoms. The van der Waals surface area contributed by atoms with Gasteiger partial charge in [-0.1, -0.05) is 44.1 Å². The third-order valence-corrected chi connectivity index (χ3v) is 6.85. The molecule has 2 rings (SSSR count). The van der Waals surface area contributed by atoms with Crippen LogP contribution in [0.15, 0.2) is 57.5 Å². The summed E-state index contributed by atoms with van der Waals surface area (Å²) in [5, 5.41) is 6.75. The Kier molecular flexibility index (Phi) is 13.9. The van der Waals surface area contributed by atoms with Gasteiger partial charge in [-0.2, -0.15) is 0 Å². The average Bonchev–Trinajstić information content (AvgIpc) is 3.38. The van der Waals surface area contributed by atoms with Crippen LogP contribution in [-0.2, 0) is 11.3 Å². The zero-order chi connectivity index (χ0) is 26.2. The molecule has 1 unspecified atom stereocenters. The van der Waals surface area contributed by atoms with Crippen molar-refractivity contribution in [2.75, 3.05) is 7.05 Å². The molecule has 1 saturated carbocycles. The van der Waals surface area contributed by atoms with E-state index in [4.69, 9.17) is 4.99 Å². The van der Waals surface area contributed by atoms with Gasteiger partial charge in [0.25, 0.3) is 0 Å². The third kappa shape index (κ3) is 11.4. The van der Waals surface area contributed by atoms with Crippen LogP contribution in [0.3, 0.4) is 0 Å². The maximum absolute atomic E-state index is 12.5. The van der Waals surface area contributed by atoms with Crippen molar-refractivity contribution in [2.24, 2.45) is 15.9 Å². The van der Waals surface area contributed by atoms with Crippen LogP contribution in [-0.4, -0.2) is 43.8 Å². The first-order valence-corrected chi connectivity index (χ1v) is 13.7. The highest BCUT2D eigenvalue weighted by atomic mass is 16.1. The number of allylic oxidation sites excluding steroid dienone is 4. The van der Waals surface area contributed by atoms with Gasteiger partial charge < -0.3 is 10.6 Å². The molecule has 1 atom stereocenters. The Balaban J connectivity index is 2.16. The van der Waals surface area contributed by atoms with Gasteiger partial charge in [-0.25, -0.2) is 0 Å². The molecule has 0 saturated heterocycles. The second-order valence-electron chi connectivity index (χ2n) is 10.0. The van der Waals surface area contributed by atoms with Gasteiger partial charge in [0.15, 0.2) is 0 Å². The Morgan fingerprint density at radius 3 is 2.67 bits per heavy atom. The summed E-state index contributed by atoms with van der Waals surface area (Å²) in [5.74, 6) is 0.506. The molecule has 36 heavy (non-hydrogen) atoms. The number of unbranched alkanes of at least 4 members (excludes halogenated alkanes) is 1. The zero-order valence-corrected chi connectivity index (χ0v) is 23.1. The van der Waals surface area contributed by atoms with E-state index < -0.39 is 0 Å². The maximum atomic E-state index is 12.5. The Morgan fingerprint density at radius 2 is 2.00 bits per heavy atom. The van der Waals surface area contributed by atoms with E-state index in [0.717, 1.165) is 79.6 Å². The van der Waals surface area contributed by atoms with Gasteiger partial charge in [0.2, 0.25) is 5.91 Å². The van der Waals surface area contributed by atoms with E-state index in [1.54, 1.807) is 13.2 Å². The summed E-state index contributed by atoms with van der Waals surface area (Å²) in [7, 11) is 3.84. The Bertz CT molecular complexity index is 917. The van der Waals surface area contributed by atoms with E-state index in [1.165, 1.54) is 12.8 Å². The van der Waals surface area contributed by atoms with E-state index in [9.17, 15) is 4.79 Å². The number of aliphatic imine (C=N–C) groups is 2. The van der Waals surface area contributed by atoms with Crippen molar-refractivity contribution < 1.29 is 4.79 Å². The van der Waals surface area contributed by atoms with E-state index in [1.807, 2.05) is 18.5 Å². The van der Waals surface area contributed by atoms with Crippen molar-refractivity contribution in [3.63, 3.8) is 0 Å². The number of hydrogen-bond acceptors (Lipinski definition) is 5. The normalized spacial score (nSPS) is 16.8. The molecule has 0 aliphatic heterocycles. The fourth-order valence-electron chi connectivity index (χ4n) is 4.60. The SMILES string of the molecule is BC(/C=N\C)=C(C)\N=C(/C=C(\C)NCc1cccnc1)C(CCCC)CCCC(=O)NC1CCCC1. The second kappa shape index (κ2) is 16.9. The number of aromatic nitrogens is 1. The van der Waals surface area contributed by atoms with Gasteiger partial charge in [0, 0.05) is 67.7 Å². The largest absolute Gasteiger partial charge is 0.384 e. The molecule has 1 aliphatic carbocycles. The number of pyridine rings is 1.